The van der Waals surface area contributed by atoms with E-state index in [0.29, 0.717) is 6.42 Å². The van der Waals surface area contributed by atoms with Crippen LogP contribution in [-0.2, 0) is 36.8 Å². The number of benzene rings is 2. The van der Waals surface area contributed by atoms with Crippen molar-refractivity contribution in [2.45, 2.75) is 26.9 Å². The van der Waals surface area contributed by atoms with E-state index >= 15 is 0 Å². The van der Waals surface area contributed by atoms with Gasteiger partial charge in [-0.25, -0.2) is 4.79 Å². The molecule has 0 radical (unpaired) electrons. The van der Waals surface area contributed by atoms with Crippen molar-refractivity contribution < 1.29 is 30.0 Å². The third-order valence-electron chi connectivity index (χ3n) is 3.97. The molecule has 0 aliphatic carbocycles. The minimum absolute atomic E-state index is 0.0144. The van der Waals surface area contributed by atoms with Gasteiger partial charge in [-0.2, -0.15) is 0 Å². The number of esters is 1. The van der Waals surface area contributed by atoms with Crippen molar-refractivity contribution in [2.75, 3.05) is 13.2 Å². The number of hydrogen-bond donors (Lipinski definition) is 0. The lowest BCUT2D eigenvalue weighted by Crippen LogP contribution is -2.44. The molecule has 6 nitrogen and oxygen atoms in total. The first-order valence-corrected chi connectivity index (χ1v) is 8.78. The van der Waals surface area contributed by atoms with Crippen molar-refractivity contribution in [2.24, 2.45) is 5.41 Å². The summed E-state index contributed by atoms with van der Waals surface area (Å²) in [6.07, 6.45) is -0.354. The van der Waals surface area contributed by atoms with Gasteiger partial charge in [-0.1, -0.05) is 60.7 Å². The molecule has 1 aliphatic heterocycles. The fraction of sp³-hybridized carbons (Fsp3) is 0.318. The highest BCUT2D eigenvalue weighted by Gasteiger charge is 2.41. The third-order valence-corrected chi connectivity index (χ3v) is 3.97. The maximum atomic E-state index is 11.9. The number of ketones is 1. The topological polar surface area (TPSA) is 78.9 Å². The lowest BCUT2D eigenvalue weighted by molar-refractivity contribution is -0.167. The molecule has 3 rings (SSSR count). The second-order valence-corrected chi connectivity index (χ2v) is 6.65. The highest BCUT2D eigenvalue weighted by atomic mass is 16.7. The summed E-state index contributed by atoms with van der Waals surface area (Å²) in [6, 6.07) is 18.9. The van der Waals surface area contributed by atoms with Crippen LogP contribution in [0, 0.1) is 5.41 Å². The van der Waals surface area contributed by atoms with Gasteiger partial charge in [0.2, 0.25) is 0 Å². The first kappa shape index (κ1) is 19.6. The van der Waals surface area contributed by atoms with E-state index in [-0.39, 0.29) is 32.5 Å². The Kier molecular flexibility index (Phi) is 7.18. The van der Waals surface area contributed by atoms with Crippen molar-refractivity contribution in [3.63, 3.8) is 0 Å². The molecule has 6 heteroatoms. The van der Waals surface area contributed by atoms with E-state index in [1.54, 1.807) is 6.92 Å². The number of ether oxygens (including phenoxy) is 3. The van der Waals surface area contributed by atoms with Crippen LogP contribution in [0.1, 0.15) is 26.3 Å². The van der Waals surface area contributed by atoms with Gasteiger partial charge in [0.25, 0.3) is 0 Å². The lowest BCUT2D eigenvalue weighted by Gasteiger charge is -2.29. The number of Topliss-reactive ketones (excluding diaryl/α,β-unsaturated/α-hetero) is 1. The maximum Gasteiger partial charge on any atom is 0.508 e. The van der Waals surface area contributed by atoms with Crippen molar-refractivity contribution in [1.29, 1.82) is 0 Å². The van der Waals surface area contributed by atoms with Crippen molar-refractivity contribution in [3.8, 4) is 0 Å². The van der Waals surface area contributed by atoms with E-state index in [2.05, 4.69) is 0 Å². The van der Waals surface area contributed by atoms with E-state index < -0.39 is 17.5 Å². The van der Waals surface area contributed by atoms with Crippen molar-refractivity contribution in [1.82, 2.24) is 0 Å². The van der Waals surface area contributed by atoms with Crippen LogP contribution in [0.25, 0.3) is 0 Å². The van der Waals surface area contributed by atoms with Gasteiger partial charge in [-0.3, -0.25) is 9.59 Å². The second kappa shape index (κ2) is 10.3. The summed E-state index contributed by atoms with van der Waals surface area (Å²) in [5, 5.41) is 0. The number of hydrogen-bond acceptors (Lipinski definition) is 6. The summed E-state index contributed by atoms with van der Waals surface area (Å²) in [7, 11) is 0. The third kappa shape index (κ3) is 6.87. The van der Waals surface area contributed by atoms with Gasteiger partial charge in [-0.15, -0.1) is 0 Å². The number of cyclic esters (lactones) is 2. The van der Waals surface area contributed by atoms with Crippen LogP contribution >= 0.6 is 0 Å². The standard InChI is InChI=1S/C13H14O5.C9H10O/c1-13(8-17-12(15)18-9-13)11(14)16-7-10-5-3-2-4-6-10;1-8(10)7-9-5-3-2-4-6-9/h2-6H,7-9H2,1H3;2-6H,7H2,1H3/i;1T. The Bertz CT molecular complexity index is 797. The zero-order valence-corrected chi connectivity index (χ0v) is 15.8. The van der Waals surface area contributed by atoms with Crippen molar-refractivity contribution in [3.05, 3.63) is 71.8 Å². The first-order valence-electron chi connectivity index (χ1n) is 9.49. The molecule has 2 aromatic carbocycles. The summed E-state index contributed by atoms with van der Waals surface area (Å²) < 4.78 is 21.4. The Morgan fingerprint density at radius 2 is 1.54 bits per heavy atom. The van der Waals surface area contributed by atoms with E-state index in [9.17, 15) is 14.4 Å². The minimum atomic E-state index is -0.928. The zero-order valence-electron chi connectivity index (χ0n) is 16.8. The lowest BCUT2D eigenvalue weighted by atomic mass is 9.93. The molecule has 1 saturated heterocycles. The van der Waals surface area contributed by atoms with Crippen LogP contribution < -0.4 is 0 Å². The maximum absolute atomic E-state index is 11.9. The largest absolute Gasteiger partial charge is 0.508 e. The highest BCUT2D eigenvalue weighted by molar-refractivity contribution is 5.78. The molecule has 0 unspecified atom stereocenters. The molecule has 1 aliphatic rings. The fourth-order valence-corrected chi connectivity index (χ4v) is 2.36. The number of carbonyl (C=O) groups is 3. The molecule has 0 saturated carbocycles. The molecule has 0 aromatic heterocycles. The Hall–Kier alpha value is -3.15. The summed E-state index contributed by atoms with van der Waals surface area (Å²) in [5.41, 5.74) is 0.968. The quantitative estimate of drug-likeness (QED) is 0.729. The van der Waals surface area contributed by atoms with Gasteiger partial charge >= 0.3 is 12.1 Å². The van der Waals surface area contributed by atoms with Gasteiger partial charge in [0.15, 0.2) is 0 Å². The molecule has 1 heterocycles. The molecular weight excluding hydrogens is 360 g/mol. The Labute approximate surface area is 165 Å². The molecule has 148 valence electrons. The van der Waals surface area contributed by atoms with Crippen LogP contribution in [0.4, 0.5) is 4.79 Å². The van der Waals surface area contributed by atoms with Gasteiger partial charge < -0.3 is 14.2 Å². The monoisotopic (exact) mass is 386 g/mol. The predicted octanol–water partition coefficient (Wildman–Crippen LogP) is 3.72. The van der Waals surface area contributed by atoms with Gasteiger partial charge in [0, 0.05) is 7.79 Å². The van der Waals surface area contributed by atoms with Crippen LogP contribution in [-0.4, -0.2) is 31.1 Å². The summed E-state index contributed by atoms with van der Waals surface area (Å²) in [6.45, 7) is 1.70. The van der Waals surface area contributed by atoms with E-state index in [1.807, 2.05) is 60.7 Å². The molecule has 1 fully saturated rings. The Morgan fingerprint density at radius 3 is 2.07 bits per heavy atom. The van der Waals surface area contributed by atoms with Crippen LogP contribution in [0.3, 0.4) is 0 Å². The summed E-state index contributed by atoms with van der Waals surface area (Å²) in [5.74, 6) is -0.463. The van der Waals surface area contributed by atoms with Gasteiger partial charge in [-0.05, 0) is 25.0 Å². The number of carbonyl (C=O) groups excluding carboxylic acids is 3. The molecule has 0 atom stereocenters. The fourth-order valence-electron chi connectivity index (χ4n) is 2.36. The molecule has 0 N–H and O–H groups in total. The van der Waals surface area contributed by atoms with E-state index in [0.717, 1.165) is 11.1 Å². The molecule has 28 heavy (non-hydrogen) atoms. The zero-order chi connectivity index (χ0) is 21.1. The van der Waals surface area contributed by atoms with E-state index in [1.165, 1.54) is 0 Å². The van der Waals surface area contributed by atoms with Crippen LogP contribution in [0.2, 0.25) is 0 Å². The van der Waals surface area contributed by atoms with Crippen LogP contribution in [0.15, 0.2) is 60.7 Å². The average molecular weight is 386 g/mol. The Balaban J connectivity index is 0.000000234. The molecule has 0 spiro atoms. The van der Waals surface area contributed by atoms with E-state index in [4.69, 9.17) is 15.6 Å². The van der Waals surface area contributed by atoms with Crippen molar-refractivity contribution >= 4 is 17.9 Å². The summed E-state index contributed by atoms with van der Waals surface area (Å²) >= 11 is 0. The smallest absolute Gasteiger partial charge is 0.460 e. The van der Waals surface area contributed by atoms with Crippen LogP contribution in [0.5, 0.6) is 0 Å². The summed E-state index contributed by atoms with van der Waals surface area (Å²) in [4.78, 5) is 33.5. The average Bonchev–Trinajstić information content (AvgIpc) is 2.76. The molecular formula is C22H24O6. The number of rotatable bonds is 5. The SMILES string of the molecule is CC1(C(=O)OCc2ccccc2)COC(=O)OC1.[3H]CC(=O)Cc1ccccc1. The Morgan fingerprint density at radius 1 is 1.00 bits per heavy atom. The first-order chi connectivity index (χ1) is 13.9. The van der Waals surface area contributed by atoms with Gasteiger partial charge in [0.05, 0.1) is 0 Å². The normalized spacial score (nSPS) is 15.0. The molecule has 0 bridgehead atoms. The highest BCUT2D eigenvalue weighted by Crippen LogP contribution is 2.24. The second-order valence-electron chi connectivity index (χ2n) is 6.65. The van der Waals surface area contributed by atoms with Gasteiger partial charge in [0.1, 0.15) is 31.0 Å². The minimum Gasteiger partial charge on any atom is -0.460 e. The molecule has 0 amide bonds. The predicted molar refractivity (Wildman–Crippen MR) is 102 cm³/mol. The molecule has 2 aromatic rings.